The highest BCUT2D eigenvalue weighted by atomic mass is 127. The van der Waals surface area contributed by atoms with Crippen molar-refractivity contribution in [3.63, 3.8) is 0 Å². The van der Waals surface area contributed by atoms with Gasteiger partial charge in [0.2, 0.25) is 0 Å². The van der Waals surface area contributed by atoms with Gasteiger partial charge in [-0.25, -0.2) is 0 Å². The van der Waals surface area contributed by atoms with Gasteiger partial charge in [0.05, 0.1) is 0 Å². The molecular formula is C18H28BrIN4. The molecule has 4 nitrogen and oxygen atoms in total. The minimum Gasteiger partial charge on any atom is -0.371 e. The van der Waals surface area contributed by atoms with Gasteiger partial charge in [-0.05, 0) is 49.4 Å². The van der Waals surface area contributed by atoms with Crippen molar-refractivity contribution < 1.29 is 0 Å². The molecular weight excluding hydrogens is 479 g/mol. The molecule has 2 aliphatic rings. The molecule has 0 radical (unpaired) electrons. The van der Waals surface area contributed by atoms with Gasteiger partial charge in [-0.3, -0.25) is 4.99 Å². The van der Waals surface area contributed by atoms with Crippen molar-refractivity contribution in [2.75, 3.05) is 24.5 Å². The van der Waals surface area contributed by atoms with Crippen LogP contribution < -0.4 is 16.0 Å². The molecule has 3 rings (SSSR count). The first-order valence-electron chi connectivity index (χ1n) is 8.77. The minimum absolute atomic E-state index is 0. The third-order valence-corrected chi connectivity index (χ3v) is 5.48. The van der Waals surface area contributed by atoms with Crippen molar-refractivity contribution in [1.82, 2.24) is 5.32 Å². The maximum absolute atomic E-state index is 6.07. The Morgan fingerprint density at radius 3 is 2.58 bits per heavy atom. The van der Waals surface area contributed by atoms with Crippen LogP contribution in [0.1, 0.15) is 38.5 Å². The monoisotopic (exact) mass is 506 g/mol. The predicted octanol–water partition coefficient (Wildman–Crippen LogP) is 4.13. The highest BCUT2D eigenvalue weighted by molar-refractivity contribution is 14.0. The molecule has 0 amide bonds. The summed E-state index contributed by atoms with van der Waals surface area (Å²) in [5, 5.41) is 3.40. The van der Waals surface area contributed by atoms with Crippen molar-refractivity contribution in [3.05, 3.63) is 28.7 Å². The average molecular weight is 507 g/mol. The normalized spacial score (nSPS) is 22.3. The first kappa shape index (κ1) is 19.8. The van der Waals surface area contributed by atoms with E-state index in [1.54, 1.807) is 0 Å². The third-order valence-electron chi connectivity index (χ3n) is 4.95. The van der Waals surface area contributed by atoms with Gasteiger partial charge >= 0.3 is 0 Å². The van der Waals surface area contributed by atoms with Gasteiger partial charge in [0, 0.05) is 35.8 Å². The number of benzene rings is 1. The van der Waals surface area contributed by atoms with Gasteiger partial charge in [-0.15, -0.1) is 24.0 Å². The molecule has 1 aliphatic heterocycles. The Balaban J connectivity index is 0.00000208. The molecule has 0 aromatic heterocycles. The maximum atomic E-state index is 6.07. The van der Waals surface area contributed by atoms with Crippen LogP contribution in [0.3, 0.4) is 0 Å². The van der Waals surface area contributed by atoms with Gasteiger partial charge in [-0.1, -0.05) is 35.2 Å². The van der Waals surface area contributed by atoms with Crippen LogP contribution in [0.5, 0.6) is 0 Å². The van der Waals surface area contributed by atoms with Crippen LogP contribution in [0.25, 0.3) is 0 Å². The zero-order valence-electron chi connectivity index (χ0n) is 14.1. The van der Waals surface area contributed by atoms with Crippen molar-refractivity contribution in [2.24, 2.45) is 16.6 Å². The van der Waals surface area contributed by atoms with Gasteiger partial charge in [0.15, 0.2) is 5.96 Å². The molecule has 1 unspecified atom stereocenters. The molecule has 1 saturated carbocycles. The molecule has 1 aromatic rings. The molecule has 134 valence electrons. The quantitative estimate of drug-likeness (QED) is 0.366. The molecule has 1 saturated heterocycles. The Bertz CT molecular complexity index is 528. The second-order valence-electron chi connectivity index (χ2n) is 6.78. The van der Waals surface area contributed by atoms with E-state index in [9.17, 15) is 0 Å². The van der Waals surface area contributed by atoms with Gasteiger partial charge in [-0.2, -0.15) is 0 Å². The number of aliphatic imine (C=N–C) groups is 1. The van der Waals surface area contributed by atoms with E-state index in [1.165, 1.54) is 44.2 Å². The number of guanidine groups is 1. The van der Waals surface area contributed by atoms with Crippen LogP contribution in [0.2, 0.25) is 0 Å². The summed E-state index contributed by atoms with van der Waals surface area (Å²) in [5.74, 6) is 1.24. The zero-order chi connectivity index (χ0) is 16.1. The lowest BCUT2D eigenvalue weighted by Gasteiger charge is -2.23. The number of nitrogens with zero attached hydrogens (tertiary/aromatic N) is 2. The van der Waals surface area contributed by atoms with E-state index in [4.69, 9.17) is 5.73 Å². The van der Waals surface area contributed by atoms with E-state index < -0.39 is 0 Å². The summed E-state index contributed by atoms with van der Waals surface area (Å²) in [4.78, 5) is 7.03. The van der Waals surface area contributed by atoms with E-state index in [0.29, 0.717) is 17.9 Å². The molecule has 0 spiro atoms. The Labute approximate surface area is 170 Å². The number of halogens is 2. The fourth-order valence-corrected chi connectivity index (χ4v) is 3.86. The van der Waals surface area contributed by atoms with Crippen LogP contribution in [-0.4, -0.2) is 31.6 Å². The summed E-state index contributed by atoms with van der Waals surface area (Å²) in [6, 6.07) is 9.10. The van der Waals surface area contributed by atoms with E-state index in [2.05, 4.69) is 55.4 Å². The Kier molecular flexibility index (Phi) is 8.13. The summed E-state index contributed by atoms with van der Waals surface area (Å²) in [7, 11) is 0. The maximum Gasteiger partial charge on any atom is 0.188 e. The number of nitrogens with two attached hydrogens (primary N) is 1. The number of rotatable bonds is 4. The van der Waals surface area contributed by atoms with E-state index >= 15 is 0 Å². The molecule has 1 atom stereocenters. The molecule has 1 aliphatic carbocycles. The Hall–Kier alpha value is -0.500. The minimum atomic E-state index is 0. The summed E-state index contributed by atoms with van der Waals surface area (Å²) < 4.78 is 1.13. The molecule has 3 N–H and O–H groups in total. The van der Waals surface area contributed by atoms with E-state index in [-0.39, 0.29) is 24.0 Å². The predicted molar refractivity (Wildman–Crippen MR) is 116 cm³/mol. The topological polar surface area (TPSA) is 53.6 Å². The van der Waals surface area contributed by atoms with Gasteiger partial charge in [0.25, 0.3) is 0 Å². The number of hydrogen-bond donors (Lipinski definition) is 2. The lowest BCUT2D eigenvalue weighted by Crippen LogP contribution is -2.41. The molecule has 2 fully saturated rings. The molecule has 6 heteroatoms. The van der Waals surface area contributed by atoms with Crippen LogP contribution in [0, 0.1) is 5.92 Å². The number of hydrogen-bond acceptors (Lipinski definition) is 2. The van der Waals surface area contributed by atoms with E-state index in [1.807, 2.05) is 0 Å². The highest BCUT2D eigenvalue weighted by Crippen LogP contribution is 2.25. The SMILES string of the molecule is I.NC(=NCC1CCN(c2ccc(Br)cc2)C1)NC1CCCCC1. The van der Waals surface area contributed by atoms with Crippen molar-refractivity contribution in [2.45, 2.75) is 44.6 Å². The Morgan fingerprint density at radius 2 is 1.88 bits per heavy atom. The Morgan fingerprint density at radius 1 is 1.17 bits per heavy atom. The third kappa shape index (κ3) is 5.79. The second-order valence-corrected chi connectivity index (χ2v) is 7.70. The lowest BCUT2D eigenvalue weighted by molar-refractivity contribution is 0.412. The largest absolute Gasteiger partial charge is 0.371 e. The van der Waals surface area contributed by atoms with Gasteiger partial charge < -0.3 is 16.0 Å². The molecule has 1 heterocycles. The van der Waals surface area contributed by atoms with Crippen LogP contribution >= 0.6 is 39.9 Å². The first-order chi connectivity index (χ1) is 11.2. The second kappa shape index (κ2) is 9.85. The van der Waals surface area contributed by atoms with Crippen molar-refractivity contribution >= 4 is 51.6 Å². The highest BCUT2D eigenvalue weighted by Gasteiger charge is 2.22. The van der Waals surface area contributed by atoms with Crippen molar-refractivity contribution in [3.8, 4) is 0 Å². The standard InChI is InChI=1S/C18H27BrN4.HI/c19-15-6-8-17(9-7-15)23-11-10-14(13-23)12-21-18(20)22-16-4-2-1-3-5-16;/h6-9,14,16H,1-5,10-13H2,(H3,20,21,22);1H. The molecule has 0 bridgehead atoms. The molecule has 24 heavy (non-hydrogen) atoms. The summed E-state index contributed by atoms with van der Waals surface area (Å²) in [6.07, 6.45) is 7.65. The smallest absolute Gasteiger partial charge is 0.188 e. The number of nitrogens with one attached hydrogen (secondary N) is 1. The fraction of sp³-hybridized carbons (Fsp3) is 0.611. The van der Waals surface area contributed by atoms with Crippen LogP contribution in [0.4, 0.5) is 5.69 Å². The van der Waals surface area contributed by atoms with Crippen LogP contribution in [0.15, 0.2) is 33.7 Å². The number of anilines is 1. The van der Waals surface area contributed by atoms with Crippen LogP contribution in [-0.2, 0) is 0 Å². The fourth-order valence-electron chi connectivity index (χ4n) is 3.60. The van der Waals surface area contributed by atoms with E-state index in [0.717, 1.165) is 24.1 Å². The van der Waals surface area contributed by atoms with Gasteiger partial charge in [0.1, 0.15) is 0 Å². The van der Waals surface area contributed by atoms with Crippen molar-refractivity contribution in [1.29, 1.82) is 0 Å². The molecule has 1 aromatic carbocycles. The average Bonchev–Trinajstić information content (AvgIpc) is 3.04. The summed E-state index contributed by atoms with van der Waals surface area (Å²) >= 11 is 3.49. The lowest BCUT2D eigenvalue weighted by atomic mass is 9.96. The summed E-state index contributed by atoms with van der Waals surface area (Å²) in [5.41, 5.74) is 7.36. The first-order valence-corrected chi connectivity index (χ1v) is 9.57. The zero-order valence-corrected chi connectivity index (χ0v) is 18.0. The summed E-state index contributed by atoms with van der Waals surface area (Å²) in [6.45, 7) is 3.01.